The number of morpholine rings is 1. The van der Waals surface area contributed by atoms with Crippen LogP contribution in [0.3, 0.4) is 0 Å². The van der Waals surface area contributed by atoms with Gasteiger partial charge in [-0.2, -0.15) is 0 Å². The summed E-state index contributed by atoms with van der Waals surface area (Å²) >= 11 is 0. The molecule has 2 fully saturated rings. The summed E-state index contributed by atoms with van der Waals surface area (Å²) in [6, 6.07) is 0. The van der Waals surface area contributed by atoms with Crippen molar-refractivity contribution in [2.75, 3.05) is 46.9 Å². The molecule has 1 aliphatic heterocycles. The van der Waals surface area contributed by atoms with E-state index >= 15 is 0 Å². The van der Waals surface area contributed by atoms with Gasteiger partial charge >= 0.3 is 0 Å². The lowest BCUT2D eigenvalue weighted by atomic mass is 10.1. The van der Waals surface area contributed by atoms with Crippen molar-refractivity contribution in [2.45, 2.75) is 31.8 Å². The molecule has 0 unspecified atom stereocenters. The zero-order valence-electron chi connectivity index (χ0n) is 10.8. The third-order valence-electron chi connectivity index (χ3n) is 3.78. The fourth-order valence-corrected chi connectivity index (χ4v) is 3.02. The maximum absolute atomic E-state index is 5.80. The van der Waals surface area contributed by atoms with Gasteiger partial charge in [0.05, 0.1) is 12.7 Å². The molecule has 16 heavy (non-hydrogen) atoms. The molecule has 0 bridgehead atoms. The molecule has 1 saturated carbocycles. The molecular formula is C13H26N2O. The van der Waals surface area contributed by atoms with E-state index in [1.165, 1.54) is 32.2 Å². The maximum Gasteiger partial charge on any atom is 0.0829 e. The molecule has 94 valence electrons. The maximum atomic E-state index is 5.80. The number of hydrogen-bond acceptors (Lipinski definition) is 3. The summed E-state index contributed by atoms with van der Waals surface area (Å²) in [5.41, 5.74) is 0. The normalized spacial score (nSPS) is 29.1. The molecule has 0 aromatic rings. The summed E-state index contributed by atoms with van der Waals surface area (Å²) in [7, 11) is 4.25. The lowest BCUT2D eigenvalue weighted by Gasteiger charge is -2.35. The van der Waals surface area contributed by atoms with Gasteiger partial charge in [0.15, 0.2) is 0 Å². The molecule has 1 aliphatic carbocycles. The first-order valence-corrected chi connectivity index (χ1v) is 6.72. The van der Waals surface area contributed by atoms with Crippen molar-refractivity contribution in [1.82, 2.24) is 9.80 Å². The summed E-state index contributed by atoms with van der Waals surface area (Å²) in [4.78, 5) is 4.84. The molecule has 0 radical (unpaired) electrons. The average molecular weight is 226 g/mol. The Morgan fingerprint density at radius 3 is 2.69 bits per heavy atom. The van der Waals surface area contributed by atoms with Crippen LogP contribution in [0.2, 0.25) is 0 Å². The zero-order chi connectivity index (χ0) is 11.4. The van der Waals surface area contributed by atoms with Gasteiger partial charge < -0.3 is 9.64 Å². The number of hydrogen-bond donors (Lipinski definition) is 0. The van der Waals surface area contributed by atoms with Crippen LogP contribution in [0.1, 0.15) is 25.7 Å². The molecule has 1 heterocycles. The van der Waals surface area contributed by atoms with Gasteiger partial charge in [-0.25, -0.2) is 0 Å². The van der Waals surface area contributed by atoms with Gasteiger partial charge in [0.1, 0.15) is 0 Å². The van der Waals surface area contributed by atoms with Crippen molar-refractivity contribution in [2.24, 2.45) is 5.92 Å². The van der Waals surface area contributed by atoms with Crippen LogP contribution in [0.5, 0.6) is 0 Å². The molecule has 2 aliphatic rings. The van der Waals surface area contributed by atoms with Crippen molar-refractivity contribution in [3.63, 3.8) is 0 Å². The standard InChI is InChI=1S/C13H26N2O/c1-14(2)10-13-11-15(7-8-16-13)9-12-5-3-4-6-12/h12-13H,3-11H2,1-2H3/t13-/m0/s1. The summed E-state index contributed by atoms with van der Waals surface area (Å²) in [5.74, 6) is 0.970. The summed E-state index contributed by atoms with van der Waals surface area (Å²) in [6.07, 6.45) is 6.24. The van der Waals surface area contributed by atoms with Crippen LogP contribution < -0.4 is 0 Å². The summed E-state index contributed by atoms with van der Waals surface area (Å²) in [5, 5.41) is 0. The van der Waals surface area contributed by atoms with Gasteiger partial charge in [0.2, 0.25) is 0 Å². The minimum absolute atomic E-state index is 0.421. The molecule has 0 amide bonds. The predicted octanol–water partition coefficient (Wildman–Crippen LogP) is 1.44. The molecule has 0 spiro atoms. The van der Waals surface area contributed by atoms with Crippen molar-refractivity contribution in [3.05, 3.63) is 0 Å². The lowest BCUT2D eigenvalue weighted by molar-refractivity contribution is -0.0418. The molecule has 0 aromatic carbocycles. The van der Waals surface area contributed by atoms with Crippen molar-refractivity contribution in [3.8, 4) is 0 Å². The van der Waals surface area contributed by atoms with E-state index in [2.05, 4.69) is 23.9 Å². The highest BCUT2D eigenvalue weighted by Gasteiger charge is 2.24. The third-order valence-corrected chi connectivity index (χ3v) is 3.78. The summed E-state index contributed by atoms with van der Waals surface area (Å²) < 4.78 is 5.80. The van der Waals surface area contributed by atoms with Gasteiger partial charge in [0, 0.05) is 26.2 Å². The minimum atomic E-state index is 0.421. The Hall–Kier alpha value is -0.120. The molecule has 1 saturated heterocycles. The molecule has 2 rings (SSSR count). The van der Waals surface area contributed by atoms with Crippen molar-refractivity contribution in [1.29, 1.82) is 0 Å². The van der Waals surface area contributed by atoms with E-state index in [4.69, 9.17) is 4.74 Å². The van der Waals surface area contributed by atoms with Crippen LogP contribution in [0.4, 0.5) is 0 Å². The quantitative estimate of drug-likeness (QED) is 0.721. The monoisotopic (exact) mass is 226 g/mol. The van der Waals surface area contributed by atoms with Gasteiger partial charge in [-0.1, -0.05) is 12.8 Å². The number of ether oxygens (including phenoxy) is 1. The fraction of sp³-hybridized carbons (Fsp3) is 1.00. The van der Waals surface area contributed by atoms with E-state index in [1.54, 1.807) is 0 Å². The van der Waals surface area contributed by atoms with Gasteiger partial charge in [-0.3, -0.25) is 4.90 Å². The van der Waals surface area contributed by atoms with Crippen molar-refractivity contribution < 1.29 is 4.74 Å². The Morgan fingerprint density at radius 2 is 2.00 bits per heavy atom. The number of rotatable bonds is 4. The van der Waals surface area contributed by atoms with E-state index < -0.39 is 0 Å². The zero-order valence-corrected chi connectivity index (χ0v) is 10.8. The molecule has 1 atom stereocenters. The Morgan fingerprint density at radius 1 is 1.25 bits per heavy atom. The highest BCUT2D eigenvalue weighted by Crippen LogP contribution is 2.26. The first kappa shape index (κ1) is 12.3. The second-order valence-corrected chi connectivity index (χ2v) is 5.67. The number of nitrogens with zero attached hydrogens (tertiary/aromatic N) is 2. The van der Waals surface area contributed by atoms with Gasteiger partial charge in [-0.05, 0) is 32.9 Å². The largest absolute Gasteiger partial charge is 0.374 e. The van der Waals surface area contributed by atoms with E-state index in [9.17, 15) is 0 Å². The predicted molar refractivity (Wildman–Crippen MR) is 66.7 cm³/mol. The number of likely N-dealkylation sites (N-methyl/N-ethyl adjacent to an activating group) is 1. The molecular weight excluding hydrogens is 200 g/mol. The van der Waals surface area contributed by atoms with E-state index in [0.717, 1.165) is 32.2 Å². The highest BCUT2D eigenvalue weighted by atomic mass is 16.5. The van der Waals surface area contributed by atoms with Gasteiger partial charge in [0.25, 0.3) is 0 Å². The average Bonchev–Trinajstić information content (AvgIpc) is 2.70. The fourth-order valence-electron chi connectivity index (χ4n) is 3.02. The Bertz CT molecular complexity index is 202. The molecule has 3 nitrogen and oxygen atoms in total. The minimum Gasteiger partial charge on any atom is -0.374 e. The molecule has 0 aromatic heterocycles. The lowest BCUT2D eigenvalue weighted by Crippen LogP contribution is -2.47. The van der Waals surface area contributed by atoms with E-state index in [0.29, 0.717) is 6.10 Å². The Kier molecular flexibility index (Phi) is 4.62. The van der Waals surface area contributed by atoms with E-state index in [-0.39, 0.29) is 0 Å². The van der Waals surface area contributed by atoms with Crippen LogP contribution >= 0.6 is 0 Å². The third kappa shape index (κ3) is 3.72. The SMILES string of the molecule is CN(C)C[C@H]1CN(CC2CCCC2)CCO1. The smallest absolute Gasteiger partial charge is 0.0829 e. The first-order valence-electron chi connectivity index (χ1n) is 6.72. The molecule has 3 heteroatoms. The van der Waals surface area contributed by atoms with E-state index in [1.807, 2.05) is 0 Å². The van der Waals surface area contributed by atoms with Crippen LogP contribution in [-0.2, 0) is 4.74 Å². The van der Waals surface area contributed by atoms with Gasteiger partial charge in [-0.15, -0.1) is 0 Å². The van der Waals surface area contributed by atoms with Crippen LogP contribution in [-0.4, -0.2) is 62.8 Å². The summed E-state index contributed by atoms with van der Waals surface area (Å²) in [6.45, 7) is 5.56. The topological polar surface area (TPSA) is 15.7 Å². The van der Waals surface area contributed by atoms with Crippen LogP contribution in [0.15, 0.2) is 0 Å². The Balaban J connectivity index is 1.72. The van der Waals surface area contributed by atoms with Crippen LogP contribution in [0.25, 0.3) is 0 Å². The Labute approximate surface area is 99.7 Å². The second-order valence-electron chi connectivity index (χ2n) is 5.67. The second kappa shape index (κ2) is 5.99. The van der Waals surface area contributed by atoms with Crippen molar-refractivity contribution >= 4 is 0 Å². The van der Waals surface area contributed by atoms with Crippen LogP contribution in [0, 0.1) is 5.92 Å². The highest BCUT2D eigenvalue weighted by molar-refractivity contribution is 4.77. The first-order chi connectivity index (χ1) is 7.74. The molecule has 0 N–H and O–H groups in total.